The molecule has 1 aliphatic heterocycles. The first-order valence-electron chi connectivity index (χ1n) is 9.28. The van der Waals surface area contributed by atoms with E-state index in [0.29, 0.717) is 37.5 Å². The largest absolute Gasteiger partial charge is 0.438 e. The van der Waals surface area contributed by atoms with E-state index in [4.69, 9.17) is 4.74 Å². The molecule has 1 aromatic heterocycles. The van der Waals surface area contributed by atoms with E-state index < -0.39 is 0 Å². The molecule has 5 nitrogen and oxygen atoms in total. The molecule has 2 heterocycles. The second-order valence-electron chi connectivity index (χ2n) is 6.67. The predicted octanol–water partition coefficient (Wildman–Crippen LogP) is 4.74. The van der Waals surface area contributed by atoms with Gasteiger partial charge in [-0.15, -0.1) is 0 Å². The van der Waals surface area contributed by atoms with Crippen molar-refractivity contribution in [3.63, 3.8) is 0 Å². The Morgan fingerprint density at radius 3 is 2.48 bits per heavy atom. The van der Waals surface area contributed by atoms with Crippen LogP contribution in [-0.2, 0) is 0 Å². The molecule has 0 N–H and O–H groups in total. The lowest BCUT2D eigenvalue weighted by molar-refractivity contribution is 0.0743. The third-order valence-electron chi connectivity index (χ3n) is 4.77. The average molecular weight is 456 g/mol. The fraction of sp³-hybridized carbons (Fsp3) is 0.182. The number of ether oxygens (including phenoxy) is 1. The van der Waals surface area contributed by atoms with Gasteiger partial charge >= 0.3 is 0 Å². The van der Waals surface area contributed by atoms with Crippen LogP contribution < -0.4 is 9.64 Å². The number of amides is 1. The van der Waals surface area contributed by atoms with Gasteiger partial charge < -0.3 is 14.5 Å². The van der Waals surface area contributed by atoms with E-state index in [0.717, 1.165) is 10.2 Å². The van der Waals surface area contributed by atoms with Crippen molar-refractivity contribution in [2.24, 2.45) is 0 Å². The highest BCUT2D eigenvalue weighted by molar-refractivity contribution is 9.10. The summed E-state index contributed by atoms with van der Waals surface area (Å²) >= 11 is 3.41. The lowest BCUT2D eigenvalue weighted by atomic mass is 10.2. The van der Waals surface area contributed by atoms with E-state index in [9.17, 15) is 9.18 Å². The number of aromatic nitrogens is 1. The molecule has 0 atom stereocenters. The van der Waals surface area contributed by atoms with E-state index >= 15 is 0 Å². The Morgan fingerprint density at radius 1 is 1.00 bits per heavy atom. The maximum Gasteiger partial charge on any atom is 0.259 e. The van der Waals surface area contributed by atoms with Gasteiger partial charge in [-0.25, -0.2) is 9.37 Å². The highest BCUT2D eigenvalue weighted by Gasteiger charge is 2.25. The number of hydrogen-bond acceptors (Lipinski definition) is 4. The van der Waals surface area contributed by atoms with Crippen LogP contribution in [0.5, 0.6) is 11.6 Å². The van der Waals surface area contributed by atoms with Crippen LogP contribution >= 0.6 is 15.9 Å². The molecule has 2 aromatic carbocycles. The summed E-state index contributed by atoms with van der Waals surface area (Å²) in [4.78, 5) is 21.3. The van der Waals surface area contributed by atoms with Crippen molar-refractivity contribution in [1.29, 1.82) is 0 Å². The molecule has 0 unspecified atom stereocenters. The first-order valence-corrected chi connectivity index (χ1v) is 10.1. The summed E-state index contributed by atoms with van der Waals surface area (Å²) in [5, 5.41) is 0. The third-order valence-corrected chi connectivity index (χ3v) is 5.26. The Kier molecular flexibility index (Phi) is 5.76. The van der Waals surface area contributed by atoms with E-state index in [1.807, 2.05) is 24.3 Å². The van der Waals surface area contributed by atoms with E-state index in [1.54, 1.807) is 35.4 Å². The number of rotatable bonds is 4. The van der Waals surface area contributed by atoms with Gasteiger partial charge in [-0.05, 0) is 54.6 Å². The summed E-state index contributed by atoms with van der Waals surface area (Å²) in [6, 6.07) is 17.3. The highest BCUT2D eigenvalue weighted by Crippen LogP contribution is 2.27. The van der Waals surface area contributed by atoms with Crippen molar-refractivity contribution >= 4 is 27.5 Å². The fourth-order valence-corrected chi connectivity index (χ4v) is 3.65. The molecule has 7 heteroatoms. The minimum Gasteiger partial charge on any atom is -0.438 e. The minimum absolute atomic E-state index is 0.109. The number of carbonyl (C=O) groups excluding carboxylic acids is 1. The van der Waals surface area contributed by atoms with Crippen molar-refractivity contribution in [2.45, 2.75) is 0 Å². The zero-order valence-electron chi connectivity index (χ0n) is 15.6. The maximum absolute atomic E-state index is 13.1. The summed E-state index contributed by atoms with van der Waals surface area (Å²) in [6.07, 6.45) is 1.61. The molecule has 29 heavy (non-hydrogen) atoms. The van der Waals surface area contributed by atoms with Crippen molar-refractivity contribution < 1.29 is 13.9 Å². The molecule has 0 bridgehead atoms. The Morgan fingerprint density at radius 2 is 1.76 bits per heavy atom. The highest BCUT2D eigenvalue weighted by atomic mass is 79.9. The number of benzene rings is 2. The zero-order chi connectivity index (χ0) is 20.2. The number of anilines is 1. The lowest BCUT2D eigenvalue weighted by Gasteiger charge is -2.36. The Hall–Kier alpha value is -2.93. The van der Waals surface area contributed by atoms with E-state index in [2.05, 4.69) is 25.8 Å². The molecular weight excluding hydrogens is 437 g/mol. The van der Waals surface area contributed by atoms with Gasteiger partial charge in [-0.3, -0.25) is 4.79 Å². The third kappa shape index (κ3) is 4.56. The van der Waals surface area contributed by atoms with E-state index in [-0.39, 0.29) is 17.6 Å². The molecule has 1 aliphatic rings. The van der Waals surface area contributed by atoms with Gasteiger partial charge in [0.25, 0.3) is 5.91 Å². The normalized spacial score (nSPS) is 14.0. The van der Waals surface area contributed by atoms with Gasteiger partial charge in [0.2, 0.25) is 5.88 Å². The van der Waals surface area contributed by atoms with Gasteiger partial charge in [0.05, 0.1) is 0 Å². The molecule has 3 aromatic rings. The number of nitrogens with zero attached hydrogens (tertiary/aromatic N) is 3. The molecule has 1 fully saturated rings. The molecular formula is C22H19BrFN3O2. The SMILES string of the molecule is O=C(c1cccnc1Oc1cccc(Br)c1)N1CCN(c2ccc(F)cc2)CC1. The fourth-order valence-electron chi connectivity index (χ4n) is 3.27. The lowest BCUT2D eigenvalue weighted by Crippen LogP contribution is -2.48. The van der Waals surface area contributed by atoms with E-state index in [1.165, 1.54) is 12.1 Å². The van der Waals surface area contributed by atoms with Gasteiger partial charge in [-0.2, -0.15) is 0 Å². The van der Waals surface area contributed by atoms with Crippen LogP contribution in [0.4, 0.5) is 10.1 Å². The van der Waals surface area contributed by atoms with Gasteiger partial charge in [0.1, 0.15) is 17.1 Å². The minimum atomic E-state index is -0.253. The van der Waals surface area contributed by atoms with Crippen molar-refractivity contribution in [3.8, 4) is 11.6 Å². The van der Waals surface area contributed by atoms with Gasteiger partial charge in [0.15, 0.2) is 0 Å². The summed E-state index contributed by atoms with van der Waals surface area (Å²) in [7, 11) is 0. The molecule has 0 saturated carbocycles. The van der Waals surface area contributed by atoms with Crippen molar-refractivity contribution in [1.82, 2.24) is 9.88 Å². The molecule has 0 spiro atoms. The van der Waals surface area contributed by atoms with Crippen LogP contribution in [0.1, 0.15) is 10.4 Å². The number of piperazine rings is 1. The summed E-state index contributed by atoms with van der Waals surface area (Å²) in [5.74, 6) is 0.531. The summed E-state index contributed by atoms with van der Waals surface area (Å²) in [6.45, 7) is 2.50. The number of pyridine rings is 1. The average Bonchev–Trinajstić information content (AvgIpc) is 2.74. The first kappa shape index (κ1) is 19.4. The maximum atomic E-state index is 13.1. The number of carbonyl (C=O) groups is 1. The molecule has 1 amide bonds. The quantitative estimate of drug-likeness (QED) is 0.569. The van der Waals surface area contributed by atoms with Crippen LogP contribution in [0, 0.1) is 5.82 Å². The van der Waals surface area contributed by atoms with Gasteiger partial charge in [-0.1, -0.05) is 22.0 Å². The topological polar surface area (TPSA) is 45.7 Å². The van der Waals surface area contributed by atoms with Crippen LogP contribution in [0.15, 0.2) is 71.3 Å². The molecule has 1 saturated heterocycles. The second-order valence-corrected chi connectivity index (χ2v) is 7.59. The molecule has 0 aliphatic carbocycles. The van der Waals surface area contributed by atoms with Gasteiger partial charge in [0, 0.05) is 42.5 Å². The summed E-state index contributed by atoms with van der Waals surface area (Å²) < 4.78 is 19.9. The molecule has 0 radical (unpaired) electrons. The molecule has 4 rings (SSSR count). The Bertz CT molecular complexity index is 1000. The van der Waals surface area contributed by atoms with Crippen LogP contribution in [-0.4, -0.2) is 42.0 Å². The Balaban J connectivity index is 1.46. The monoisotopic (exact) mass is 455 g/mol. The predicted molar refractivity (Wildman–Crippen MR) is 113 cm³/mol. The standard InChI is InChI=1S/C22H19BrFN3O2/c23-16-3-1-4-19(15-16)29-21-20(5-2-10-25-21)22(28)27-13-11-26(12-14-27)18-8-6-17(24)7-9-18/h1-10,15H,11-14H2. The zero-order valence-corrected chi connectivity index (χ0v) is 17.2. The van der Waals surface area contributed by atoms with Crippen LogP contribution in [0.25, 0.3) is 0 Å². The molecule has 148 valence electrons. The number of halogens is 2. The van der Waals surface area contributed by atoms with Crippen molar-refractivity contribution in [2.75, 3.05) is 31.1 Å². The van der Waals surface area contributed by atoms with Crippen molar-refractivity contribution in [3.05, 3.63) is 82.7 Å². The smallest absolute Gasteiger partial charge is 0.259 e. The number of hydrogen-bond donors (Lipinski definition) is 0. The Labute approximate surface area is 176 Å². The summed E-state index contributed by atoms with van der Waals surface area (Å²) in [5.41, 5.74) is 1.39. The first-order chi connectivity index (χ1) is 14.1. The second kappa shape index (κ2) is 8.61. The van der Waals surface area contributed by atoms with Crippen LogP contribution in [0.3, 0.4) is 0 Å². The van der Waals surface area contributed by atoms with Crippen LogP contribution in [0.2, 0.25) is 0 Å².